The summed E-state index contributed by atoms with van der Waals surface area (Å²) in [6, 6.07) is 6.06. The molecule has 0 saturated carbocycles. The highest BCUT2D eigenvalue weighted by molar-refractivity contribution is 5.90. The fraction of sp³-hybridized carbons (Fsp3) is 0.364. The molecule has 0 heterocycles. The maximum atomic E-state index is 10.9. The van der Waals surface area contributed by atoms with Gasteiger partial charge in [0.15, 0.2) is 0 Å². The Bertz CT molecular complexity index is 318. The quantitative estimate of drug-likeness (QED) is 0.739. The molecule has 0 atom stereocenters. The fourth-order valence-electron chi connectivity index (χ4n) is 1.38. The van der Waals surface area contributed by atoms with Crippen LogP contribution in [0.5, 0.6) is 0 Å². The number of hydrogen-bond donors (Lipinski definition) is 1. The van der Waals surface area contributed by atoms with Crippen molar-refractivity contribution in [3.63, 3.8) is 0 Å². The van der Waals surface area contributed by atoms with Crippen molar-refractivity contribution in [2.75, 3.05) is 5.32 Å². The van der Waals surface area contributed by atoms with E-state index in [9.17, 15) is 4.79 Å². The lowest BCUT2D eigenvalue weighted by Gasteiger charge is -2.10. The van der Waals surface area contributed by atoms with Crippen molar-refractivity contribution in [1.82, 2.24) is 0 Å². The van der Waals surface area contributed by atoms with E-state index in [1.54, 1.807) is 0 Å². The maximum absolute atomic E-state index is 10.9. The molecular formula is C11H15NO. The van der Waals surface area contributed by atoms with Crippen molar-refractivity contribution in [3.8, 4) is 0 Å². The molecule has 0 aromatic heterocycles. The first-order valence-corrected chi connectivity index (χ1v) is 4.51. The molecule has 1 amide bonds. The highest BCUT2D eigenvalue weighted by atomic mass is 16.1. The van der Waals surface area contributed by atoms with E-state index in [0.717, 1.165) is 17.7 Å². The van der Waals surface area contributed by atoms with Gasteiger partial charge in [0, 0.05) is 12.6 Å². The van der Waals surface area contributed by atoms with Gasteiger partial charge in [0.25, 0.3) is 0 Å². The zero-order valence-corrected chi connectivity index (χ0v) is 8.35. The molecule has 1 aromatic carbocycles. The first-order valence-electron chi connectivity index (χ1n) is 4.51. The summed E-state index contributed by atoms with van der Waals surface area (Å²) in [7, 11) is 0. The Morgan fingerprint density at radius 1 is 1.46 bits per heavy atom. The van der Waals surface area contributed by atoms with Crippen molar-refractivity contribution in [3.05, 3.63) is 29.3 Å². The molecule has 0 unspecified atom stereocenters. The van der Waals surface area contributed by atoms with E-state index in [-0.39, 0.29) is 5.91 Å². The van der Waals surface area contributed by atoms with Crippen LogP contribution in [0.2, 0.25) is 0 Å². The number of nitrogens with one attached hydrogen (secondary N) is 1. The number of hydrogen-bond acceptors (Lipinski definition) is 1. The number of anilines is 1. The second-order valence-electron chi connectivity index (χ2n) is 3.14. The van der Waals surface area contributed by atoms with E-state index in [1.807, 2.05) is 25.1 Å². The van der Waals surface area contributed by atoms with Crippen LogP contribution in [0.15, 0.2) is 18.2 Å². The monoisotopic (exact) mass is 177 g/mol. The topological polar surface area (TPSA) is 29.1 Å². The summed E-state index contributed by atoms with van der Waals surface area (Å²) in [5.41, 5.74) is 3.28. The molecule has 0 radical (unpaired) electrons. The van der Waals surface area contributed by atoms with E-state index in [1.165, 1.54) is 12.5 Å². The van der Waals surface area contributed by atoms with Gasteiger partial charge in [-0.2, -0.15) is 0 Å². The number of rotatable bonds is 2. The zero-order chi connectivity index (χ0) is 9.84. The molecule has 0 aliphatic rings. The van der Waals surface area contributed by atoms with E-state index in [4.69, 9.17) is 0 Å². The average molecular weight is 177 g/mol. The van der Waals surface area contributed by atoms with Crippen molar-refractivity contribution in [2.24, 2.45) is 0 Å². The minimum Gasteiger partial charge on any atom is -0.326 e. The average Bonchev–Trinajstić information content (AvgIpc) is 2.08. The number of para-hydroxylation sites is 1. The molecule has 0 aliphatic carbocycles. The van der Waals surface area contributed by atoms with Gasteiger partial charge in [-0.05, 0) is 24.5 Å². The molecule has 13 heavy (non-hydrogen) atoms. The minimum atomic E-state index is -0.0102. The lowest BCUT2D eigenvalue weighted by molar-refractivity contribution is -0.114. The van der Waals surface area contributed by atoms with Crippen LogP contribution in [0, 0.1) is 6.92 Å². The summed E-state index contributed by atoms with van der Waals surface area (Å²) >= 11 is 0. The Balaban J connectivity index is 3.07. The van der Waals surface area contributed by atoms with Crippen molar-refractivity contribution >= 4 is 11.6 Å². The SMILES string of the molecule is CCc1cccc(C)c1NC(C)=O. The molecule has 1 rings (SSSR count). The number of carbonyl (C=O) groups excluding carboxylic acids is 1. The Morgan fingerprint density at radius 3 is 2.69 bits per heavy atom. The Labute approximate surface area is 79.0 Å². The van der Waals surface area contributed by atoms with Crippen LogP contribution in [0.3, 0.4) is 0 Å². The summed E-state index contributed by atoms with van der Waals surface area (Å²) in [6.45, 7) is 5.62. The van der Waals surface area contributed by atoms with Crippen LogP contribution in [0.1, 0.15) is 25.0 Å². The lowest BCUT2D eigenvalue weighted by Crippen LogP contribution is -2.09. The molecule has 2 nitrogen and oxygen atoms in total. The predicted octanol–water partition coefficient (Wildman–Crippen LogP) is 2.52. The standard InChI is InChI=1S/C11H15NO/c1-4-10-7-5-6-8(2)11(10)12-9(3)13/h5-7H,4H2,1-3H3,(H,12,13). The van der Waals surface area contributed by atoms with Gasteiger partial charge in [-0.1, -0.05) is 25.1 Å². The summed E-state index contributed by atoms with van der Waals surface area (Å²) in [5, 5.41) is 2.85. The fourth-order valence-corrected chi connectivity index (χ4v) is 1.38. The second kappa shape index (κ2) is 4.08. The molecule has 1 aromatic rings. The largest absolute Gasteiger partial charge is 0.326 e. The van der Waals surface area contributed by atoms with Gasteiger partial charge in [-0.15, -0.1) is 0 Å². The number of amides is 1. The van der Waals surface area contributed by atoms with Gasteiger partial charge in [0.1, 0.15) is 0 Å². The molecule has 1 N–H and O–H groups in total. The number of aryl methyl sites for hydroxylation is 2. The smallest absolute Gasteiger partial charge is 0.221 e. The van der Waals surface area contributed by atoms with Crippen LogP contribution in [-0.4, -0.2) is 5.91 Å². The second-order valence-corrected chi connectivity index (χ2v) is 3.14. The van der Waals surface area contributed by atoms with Gasteiger partial charge in [-0.3, -0.25) is 4.79 Å². The van der Waals surface area contributed by atoms with Crippen molar-refractivity contribution in [2.45, 2.75) is 27.2 Å². The molecule has 0 fully saturated rings. The molecule has 0 bridgehead atoms. The van der Waals surface area contributed by atoms with Crippen LogP contribution < -0.4 is 5.32 Å². The van der Waals surface area contributed by atoms with Crippen LogP contribution in [0.4, 0.5) is 5.69 Å². The Morgan fingerprint density at radius 2 is 2.15 bits per heavy atom. The summed E-state index contributed by atoms with van der Waals surface area (Å²) in [5.74, 6) is -0.0102. The molecule has 2 heteroatoms. The maximum Gasteiger partial charge on any atom is 0.221 e. The van der Waals surface area contributed by atoms with E-state index in [2.05, 4.69) is 12.2 Å². The van der Waals surface area contributed by atoms with Gasteiger partial charge in [-0.25, -0.2) is 0 Å². The van der Waals surface area contributed by atoms with Crippen LogP contribution in [0.25, 0.3) is 0 Å². The zero-order valence-electron chi connectivity index (χ0n) is 8.35. The van der Waals surface area contributed by atoms with Crippen molar-refractivity contribution in [1.29, 1.82) is 0 Å². The summed E-state index contributed by atoms with van der Waals surface area (Å²) < 4.78 is 0. The van der Waals surface area contributed by atoms with Gasteiger partial charge in [0.2, 0.25) is 5.91 Å². The van der Waals surface area contributed by atoms with Gasteiger partial charge in [0.05, 0.1) is 0 Å². The van der Waals surface area contributed by atoms with E-state index in [0.29, 0.717) is 0 Å². The lowest BCUT2D eigenvalue weighted by atomic mass is 10.1. The van der Waals surface area contributed by atoms with Gasteiger partial charge < -0.3 is 5.32 Å². The molecule has 0 spiro atoms. The Hall–Kier alpha value is -1.31. The number of benzene rings is 1. The summed E-state index contributed by atoms with van der Waals surface area (Å²) in [6.07, 6.45) is 0.942. The number of carbonyl (C=O) groups is 1. The van der Waals surface area contributed by atoms with Gasteiger partial charge >= 0.3 is 0 Å². The van der Waals surface area contributed by atoms with Crippen LogP contribution in [-0.2, 0) is 11.2 Å². The molecule has 0 saturated heterocycles. The molecule has 0 aliphatic heterocycles. The van der Waals surface area contributed by atoms with Crippen molar-refractivity contribution < 1.29 is 4.79 Å². The highest BCUT2D eigenvalue weighted by Gasteiger charge is 2.04. The first-order chi connectivity index (χ1) is 6.15. The highest BCUT2D eigenvalue weighted by Crippen LogP contribution is 2.20. The minimum absolute atomic E-state index is 0.0102. The third-order valence-corrected chi connectivity index (χ3v) is 2.04. The summed E-state index contributed by atoms with van der Waals surface area (Å²) in [4.78, 5) is 10.9. The Kier molecular flexibility index (Phi) is 3.07. The van der Waals surface area contributed by atoms with E-state index < -0.39 is 0 Å². The third-order valence-electron chi connectivity index (χ3n) is 2.04. The third kappa shape index (κ3) is 2.31. The molecular weight excluding hydrogens is 162 g/mol. The van der Waals surface area contributed by atoms with Crippen LogP contribution >= 0.6 is 0 Å². The molecule has 70 valence electrons. The normalized spacial score (nSPS) is 9.77. The first kappa shape index (κ1) is 9.78. The van der Waals surface area contributed by atoms with E-state index >= 15 is 0 Å². The predicted molar refractivity (Wildman–Crippen MR) is 54.9 cm³/mol.